The molecule has 0 saturated heterocycles. The molecular formula is C11H10ClNO3. The number of halogens is 1. The van der Waals surface area contributed by atoms with Crippen LogP contribution in [0.4, 0.5) is 0 Å². The zero-order valence-corrected chi connectivity index (χ0v) is 9.67. The number of carbonyl (C=O) groups is 1. The molecule has 0 radical (unpaired) electrons. The average Bonchev–Trinajstić information content (AvgIpc) is 2.35. The van der Waals surface area contributed by atoms with Crippen molar-refractivity contribution in [3.8, 4) is 11.8 Å². The number of nitriles is 1. The van der Waals surface area contributed by atoms with Crippen LogP contribution in [0.15, 0.2) is 12.1 Å². The van der Waals surface area contributed by atoms with Gasteiger partial charge in [0.05, 0.1) is 19.8 Å². The van der Waals surface area contributed by atoms with E-state index >= 15 is 0 Å². The third-order valence-electron chi connectivity index (χ3n) is 2.12. The second-order valence-electron chi connectivity index (χ2n) is 2.91. The van der Waals surface area contributed by atoms with E-state index in [0.717, 1.165) is 0 Å². The number of benzene rings is 1. The third kappa shape index (κ3) is 2.10. The van der Waals surface area contributed by atoms with Gasteiger partial charge in [-0.2, -0.15) is 5.26 Å². The first kappa shape index (κ1) is 12.3. The molecule has 1 rings (SSSR count). The lowest BCUT2D eigenvalue weighted by atomic mass is 10.0. The van der Waals surface area contributed by atoms with E-state index in [1.54, 1.807) is 12.1 Å². The summed E-state index contributed by atoms with van der Waals surface area (Å²) in [6.07, 6.45) is 0. The Morgan fingerprint density at radius 3 is 2.62 bits per heavy atom. The largest absolute Gasteiger partial charge is 0.496 e. The Morgan fingerprint density at radius 1 is 1.50 bits per heavy atom. The SMILES string of the molecule is COC(=O)c1c(OC)ccc(CCl)c1C#N. The number of esters is 1. The van der Waals surface area contributed by atoms with E-state index in [9.17, 15) is 4.79 Å². The molecule has 0 saturated carbocycles. The van der Waals surface area contributed by atoms with Crippen LogP contribution < -0.4 is 4.74 Å². The van der Waals surface area contributed by atoms with Gasteiger partial charge in [0.2, 0.25) is 0 Å². The van der Waals surface area contributed by atoms with Crippen molar-refractivity contribution in [3.05, 3.63) is 28.8 Å². The number of carbonyl (C=O) groups excluding carboxylic acids is 1. The minimum Gasteiger partial charge on any atom is -0.496 e. The van der Waals surface area contributed by atoms with Crippen molar-refractivity contribution in [3.63, 3.8) is 0 Å². The highest BCUT2D eigenvalue weighted by atomic mass is 35.5. The van der Waals surface area contributed by atoms with E-state index in [0.29, 0.717) is 11.3 Å². The fourth-order valence-electron chi connectivity index (χ4n) is 1.34. The highest BCUT2D eigenvalue weighted by Crippen LogP contribution is 2.26. The van der Waals surface area contributed by atoms with Gasteiger partial charge in [0.1, 0.15) is 17.4 Å². The van der Waals surface area contributed by atoms with Crippen molar-refractivity contribution in [2.75, 3.05) is 14.2 Å². The number of alkyl halides is 1. The molecule has 0 spiro atoms. The first-order valence-electron chi connectivity index (χ1n) is 4.43. The van der Waals surface area contributed by atoms with Gasteiger partial charge < -0.3 is 9.47 Å². The van der Waals surface area contributed by atoms with E-state index < -0.39 is 5.97 Å². The molecule has 0 bridgehead atoms. The van der Waals surface area contributed by atoms with Crippen LogP contribution in [0, 0.1) is 11.3 Å². The molecule has 4 nitrogen and oxygen atoms in total. The van der Waals surface area contributed by atoms with Gasteiger partial charge in [-0.25, -0.2) is 4.79 Å². The van der Waals surface area contributed by atoms with Gasteiger partial charge in [-0.05, 0) is 11.6 Å². The van der Waals surface area contributed by atoms with Gasteiger partial charge in [0.15, 0.2) is 0 Å². The number of ether oxygens (including phenoxy) is 2. The summed E-state index contributed by atoms with van der Waals surface area (Å²) in [4.78, 5) is 11.5. The Morgan fingerprint density at radius 2 is 2.19 bits per heavy atom. The maximum absolute atomic E-state index is 11.5. The summed E-state index contributed by atoms with van der Waals surface area (Å²) < 4.78 is 9.62. The molecule has 5 heteroatoms. The molecule has 0 heterocycles. The molecule has 0 amide bonds. The van der Waals surface area contributed by atoms with Crippen molar-refractivity contribution in [1.29, 1.82) is 5.26 Å². The second-order valence-corrected chi connectivity index (χ2v) is 3.18. The van der Waals surface area contributed by atoms with Gasteiger partial charge >= 0.3 is 5.97 Å². The number of methoxy groups -OCH3 is 2. The molecule has 0 aliphatic carbocycles. The summed E-state index contributed by atoms with van der Waals surface area (Å²) in [6.45, 7) is 0. The Kier molecular flexibility index (Phi) is 4.15. The summed E-state index contributed by atoms with van der Waals surface area (Å²) in [5, 5.41) is 9.02. The molecule has 0 aliphatic heterocycles. The lowest BCUT2D eigenvalue weighted by Gasteiger charge is -2.10. The van der Waals surface area contributed by atoms with Crippen LogP contribution in [0.3, 0.4) is 0 Å². The molecule has 0 atom stereocenters. The van der Waals surface area contributed by atoms with Crippen molar-refractivity contribution in [1.82, 2.24) is 0 Å². The van der Waals surface area contributed by atoms with Crippen molar-refractivity contribution >= 4 is 17.6 Å². The minimum absolute atomic E-state index is 0.116. The molecular weight excluding hydrogens is 230 g/mol. The smallest absolute Gasteiger partial charge is 0.343 e. The summed E-state index contributed by atoms with van der Waals surface area (Å²) in [7, 11) is 2.67. The highest BCUT2D eigenvalue weighted by Gasteiger charge is 2.20. The minimum atomic E-state index is -0.611. The van der Waals surface area contributed by atoms with Crippen molar-refractivity contribution < 1.29 is 14.3 Å². The predicted molar refractivity (Wildman–Crippen MR) is 58.6 cm³/mol. The Hall–Kier alpha value is -1.73. The summed E-state index contributed by atoms with van der Waals surface area (Å²) >= 11 is 5.68. The van der Waals surface area contributed by atoms with Crippen LogP contribution in [0.2, 0.25) is 0 Å². The molecule has 1 aromatic rings. The first-order chi connectivity index (χ1) is 7.69. The van der Waals surface area contributed by atoms with Crippen molar-refractivity contribution in [2.24, 2.45) is 0 Å². The zero-order valence-electron chi connectivity index (χ0n) is 8.91. The predicted octanol–water partition coefficient (Wildman–Crippen LogP) is 2.09. The fraction of sp³-hybridized carbons (Fsp3) is 0.273. The molecule has 84 valence electrons. The van der Waals surface area contributed by atoms with Crippen molar-refractivity contribution in [2.45, 2.75) is 5.88 Å². The van der Waals surface area contributed by atoms with Crippen LogP contribution in [0.25, 0.3) is 0 Å². The zero-order chi connectivity index (χ0) is 12.1. The lowest BCUT2D eigenvalue weighted by Crippen LogP contribution is -2.08. The number of rotatable bonds is 3. The molecule has 0 N–H and O–H groups in total. The van der Waals surface area contributed by atoms with Gasteiger partial charge in [-0.15, -0.1) is 11.6 Å². The van der Waals surface area contributed by atoms with Gasteiger partial charge in [-0.3, -0.25) is 0 Å². The van der Waals surface area contributed by atoms with E-state index in [-0.39, 0.29) is 17.0 Å². The van der Waals surface area contributed by atoms with Crippen LogP contribution in [-0.4, -0.2) is 20.2 Å². The molecule has 0 aromatic heterocycles. The van der Waals surface area contributed by atoms with Crippen LogP contribution in [0.1, 0.15) is 21.5 Å². The van der Waals surface area contributed by atoms with Gasteiger partial charge in [0, 0.05) is 5.88 Å². The Balaban J connectivity index is 3.50. The summed E-state index contributed by atoms with van der Waals surface area (Å²) in [6, 6.07) is 5.18. The van der Waals surface area contributed by atoms with E-state index in [4.69, 9.17) is 21.6 Å². The maximum Gasteiger partial charge on any atom is 0.343 e. The highest BCUT2D eigenvalue weighted by molar-refractivity contribution is 6.17. The number of nitrogens with zero attached hydrogens (tertiary/aromatic N) is 1. The van der Waals surface area contributed by atoms with Crippen LogP contribution in [0.5, 0.6) is 5.75 Å². The molecule has 0 fully saturated rings. The number of hydrogen-bond donors (Lipinski definition) is 0. The third-order valence-corrected chi connectivity index (χ3v) is 2.41. The standard InChI is InChI=1S/C11H10ClNO3/c1-15-9-4-3-7(5-12)8(6-13)10(9)11(14)16-2/h3-4H,5H2,1-2H3. The Labute approximate surface area is 98.3 Å². The van der Waals surface area contributed by atoms with E-state index in [1.807, 2.05) is 6.07 Å². The Bertz CT molecular complexity index is 451. The van der Waals surface area contributed by atoms with Gasteiger partial charge in [0.25, 0.3) is 0 Å². The van der Waals surface area contributed by atoms with E-state index in [1.165, 1.54) is 14.2 Å². The van der Waals surface area contributed by atoms with E-state index in [2.05, 4.69) is 4.74 Å². The number of hydrogen-bond acceptors (Lipinski definition) is 4. The monoisotopic (exact) mass is 239 g/mol. The molecule has 0 aliphatic rings. The second kappa shape index (κ2) is 5.38. The summed E-state index contributed by atoms with van der Waals surface area (Å²) in [5.41, 5.74) is 0.886. The lowest BCUT2D eigenvalue weighted by molar-refractivity contribution is 0.0596. The van der Waals surface area contributed by atoms with Crippen LogP contribution >= 0.6 is 11.6 Å². The average molecular weight is 240 g/mol. The molecule has 1 aromatic carbocycles. The normalized spacial score (nSPS) is 9.38. The quantitative estimate of drug-likeness (QED) is 0.599. The molecule has 16 heavy (non-hydrogen) atoms. The summed E-state index contributed by atoms with van der Waals surface area (Å²) in [5.74, 6) is -0.158. The maximum atomic E-state index is 11.5. The van der Waals surface area contributed by atoms with Crippen LogP contribution in [-0.2, 0) is 10.6 Å². The molecule has 0 unspecified atom stereocenters. The van der Waals surface area contributed by atoms with Gasteiger partial charge in [-0.1, -0.05) is 6.07 Å². The first-order valence-corrected chi connectivity index (χ1v) is 4.97. The fourth-order valence-corrected chi connectivity index (χ4v) is 1.56. The topological polar surface area (TPSA) is 59.3 Å².